The summed E-state index contributed by atoms with van der Waals surface area (Å²) in [5.74, 6) is 0.627. The topological polar surface area (TPSA) is 53.4 Å². The minimum atomic E-state index is -0.340. The predicted molar refractivity (Wildman–Crippen MR) is 131 cm³/mol. The van der Waals surface area contributed by atoms with Crippen LogP contribution in [0.4, 0.5) is 0 Å². The van der Waals surface area contributed by atoms with Crippen LogP contribution in [0.1, 0.15) is 52.5 Å². The summed E-state index contributed by atoms with van der Waals surface area (Å²) in [6, 6.07) is 21.5. The van der Waals surface area contributed by atoms with E-state index in [1.165, 1.54) is 10.9 Å². The van der Waals surface area contributed by atoms with Gasteiger partial charge in [0.15, 0.2) is 0 Å². The van der Waals surface area contributed by atoms with Gasteiger partial charge >= 0.3 is 0 Å². The van der Waals surface area contributed by atoms with Crippen molar-refractivity contribution in [2.75, 3.05) is 0 Å². The summed E-state index contributed by atoms with van der Waals surface area (Å²) in [5, 5.41) is 21.9. The molecule has 2 aromatic carbocycles. The van der Waals surface area contributed by atoms with Crippen molar-refractivity contribution in [2.45, 2.75) is 66.1 Å². The molecule has 0 spiro atoms. The van der Waals surface area contributed by atoms with Crippen molar-refractivity contribution in [1.29, 1.82) is 0 Å². The molecule has 2 saturated carbocycles. The average Bonchev–Trinajstić information content (AvgIpc) is 3.01. The minimum absolute atomic E-state index is 0. The first kappa shape index (κ1) is 26.0. The molecule has 1 heterocycles. The quantitative estimate of drug-likeness (QED) is 0.318. The van der Waals surface area contributed by atoms with E-state index in [2.05, 4.69) is 69.9 Å². The van der Waals surface area contributed by atoms with Crippen molar-refractivity contribution in [1.82, 2.24) is 4.98 Å². The van der Waals surface area contributed by atoms with Gasteiger partial charge in [-0.3, -0.25) is 4.98 Å². The van der Waals surface area contributed by atoms with E-state index in [0.717, 1.165) is 36.0 Å². The molecule has 0 amide bonds. The van der Waals surface area contributed by atoms with Crippen LogP contribution in [0.15, 0.2) is 54.6 Å². The van der Waals surface area contributed by atoms with E-state index in [-0.39, 0.29) is 49.1 Å². The second-order valence-electron chi connectivity index (χ2n) is 11.1. The Balaban J connectivity index is 0.000000182. The largest absolute Gasteiger partial charge is 0.392 e. The first-order valence-electron chi connectivity index (χ1n) is 11.8. The second-order valence-corrected chi connectivity index (χ2v) is 11.1. The van der Waals surface area contributed by atoms with E-state index >= 15 is 0 Å². The molecule has 2 N–H and O–H groups in total. The van der Waals surface area contributed by atoms with Crippen molar-refractivity contribution >= 4 is 10.9 Å². The molecule has 2 aliphatic rings. The second kappa shape index (κ2) is 9.96. The van der Waals surface area contributed by atoms with Crippen LogP contribution < -0.4 is 0 Å². The van der Waals surface area contributed by atoms with Gasteiger partial charge < -0.3 is 10.2 Å². The number of benzene rings is 2. The maximum Gasteiger partial charge on any atom is 0.0646 e. The van der Waals surface area contributed by atoms with Gasteiger partial charge in [0.25, 0.3) is 0 Å². The SMILES string of the molecule is CC1(C)CCC2CC(C)(C)C(O)C2C1O.Cc1cccc2nc(-c3[c-]cccc3)ccc12.[Ir]. The summed E-state index contributed by atoms with van der Waals surface area (Å²) >= 11 is 0. The number of rotatable bonds is 1. The Morgan fingerprint density at radius 2 is 1.64 bits per heavy atom. The maximum atomic E-state index is 10.3. The monoisotopic (exact) mass is 623 g/mol. The molecule has 0 saturated heterocycles. The molecule has 4 heteroatoms. The fourth-order valence-electron chi connectivity index (χ4n) is 5.67. The van der Waals surface area contributed by atoms with Gasteiger partial charge in [-0.05, 0) is 60.3 Å². The fraction of sp³-hybridized carbons (Fsp3) is 0.483. The number of aromatic nitrogens is 1. The van der Waals surface area contributed by atoms with Gasteiger partial charge in [-0.2, -0.15) is 0 Å². The van der Waals surface area contributed by atoms with Gasteiger partial charge in [-0.25, -0.2) is 0 Å². The number of nitrogens with zero attached hydrogens (tertiary/aromatic N) is 1. The van der Waals surface area contributed by atoms with Gasteiger partial charge in [-0.1, -0.05) is 52.0 Å². The average molecular weight is 623 g/mol. The number of fused-ring (bicyclic) bond motifs is 2. The van der Waals surface area contributed by atoms with Crippen LogP contribution in [0.3, 0.4) is 0 Å². The van der Waals surface area contributed by atoms with Crippen LogP contribution in [-0.2, 0) is 20.1 Å². The summed E-state index contributed by atoms with van der Waals surface area (Å²) < 4.78 is 0. The molecular formula is C29H36IrNO2-. The van der Waals surface area contributed by atoms with Gasteiger partial charge in [0, 0.05) is 31.4 Å². The van der Waals surface area contributed by atoms with Crippen molar-refractivity contribution in [2.24, 2.45) is 22.7 Å². The van der Waals surface area contributed by atoms with Crippen molar-refractivity contribution in [3.8, 4) is 11.3 Å². The molecule has 5 rings (SSSR count). The Labute approximate surface area is 212 Å². The van der Waals surface area contributed by atoms with Gasteiger partial charge in [0.2, 0.25) is 0 Å². The first-order valence-corrected chi connectivity index (χ1v) is 11.8. The number of aryl methyl sites for hydroxylation is 1. The Hall–Kier alpha value is -1.58. The molecule has 2 fully saturated rings. The summed E-state index contributed by atoms with van der Waals surface area (Å²) in [7, 11) is 0. The number of aliphatic hydroxyl groups is 2. The molecule has 1 aromatic heterocycles. The Morgan fingerprint density at radius 1 is 0.909 bits per heavy atom. The molecule has 1 radical (unpaired) electrons. The zero-order valence-electron chi connectivity index (χ0n) is 20.3. The van der Waals surface area contributed by atoms with Crippen molar-refractivity contribution in [3.05, 3.63) is 66.2 Å². The van der Waals surface area contributed by atoms with Crippen LogP contribution in [0.5, 0.6) is 0 Å². The van der Waals surface area contributed by atoms with E-state index < -0.39 is 0 Å². The van der Waals surface area contributed by atoms with E-state index in [1.807, 2.05) is 30.3 Å². The normalized spacial score (nSPS) is 27.1. The third-order valence-electron chi connectivity index (χ3n) is 7.76. The molecule has 179 valence electrons. The van der Waals surface area contributed by atoms with E-state index in [9.17, 15) is 10.2 Å². The van der Waals surface area contributed by atoms with E-state index in [1.54, 1.807) is 0 Å². The summed E-state index contributed by atoms with van der Waals surface area (Å²) in [6.45, 7) is 10.6. The summed E-state index contributed by atoms with van der Waals surface area (Å²) in [5.41, 5.74) is 4.28. The minimum Gasteiger partial charge on any atom is -0.392 e. The molecular weight excluding hydrogens is 587 g/mol. The van der Waals surface area contributed by atoms with Crippen LogP contribution in [0, 0.1) is 35.7 Å². The van der Waals surface area contributed by atoms with Gasteiger partial charge in [0.05, 0.1) is 17.7 Å². The number of hydrogen-bond acceptors (Lipinski definition) is 3. The van der Waals surface area contributed by atoms with Gasteiger partial charge in [-0.15, -0.1) is 35.9 Å². The molecule has 4 atom stereocenters. The van der Waals surface area contributed by atoms with Crippen molar-refractivity contribution < 1.29 is 30.3 Å². The smallest absolute Gasteiger partial charge is 0.0646 e. The number of hydrogen-bond donors (Lipinski definition) is 2. The molecule has 4 unspecified atom stereocenters. The summed E-state index contributed by atoms with van der Waals surface area (Å²) in [4.78, 5) is 4.68. The molecule has 3 aromatic rings. The van der Waals surface area contributed by atoms with Crippen LogP contribution >= 0.6 is 0 Å². The third-order valence-corrected chi connectivity index (χ3v) is 7.76. The Bertz CT molecular complexity index is 1080. The van der Waals surface area contributed by atoms with Crippen molar-refractivity contribution in [3.63, 3.8) is 0 Å². The molecule has 2 aliphatic carbocycles. The predicted octanol–water partition coefficient (Wildman–Crippen LogP) is 6.20. The molecule has 33 heavy (non-hydrogen) atoms. The molecule has 0 aliphatic heterocycles. The van der Waals surface area contributed by atoms with Crippen LogP contribution in [0.25, 0.3) is 22.2 Å². The standard InChI is InChI=1S/C16H12N.C13H24O2.Ir/c1-12-6-5-9-16-14(12)10-11-15(17-16)13-7-3-2-4-8-13;1-12(2)6-5-8-7-13(3,4)11(15)9(8)10(12)14;/h2-7,9-11H,1H3;8-11,14-15H,5-7H2,1-4H3;/q-1;;. The molecule has 3 nitrogen and oxygen atoms in total. The van der Waals surface area contributed by atoms with Gasteiger partial charge in [0.1, 0.15) is 0 Å². The number of pyridine rings is 1. The zero-order valence-corrected chi connectivity index (χ0v) is 22.7. The van der Waals surface area contributed by atoms with E-state index in [4.69, 9.17) is 0 Å². The zero-order chi connectivity index (χ0) is 23.1. The third kappa shape index (κ3) is 5.25. The first-order chi connectivity index (χ1) is 15.1. The maximum absolute atomic E-state index is 10.3. The van der Waals surface area contributed by atoms with Crippen LogP contribution in [0.2, 0.25) is 0 Å². The molecule has 0 bridgehead atoms. The Morgan fingerprint density at radius 3 is 2.33 bits per heavy atom. The van der Waals surface area contributed by atoms with E-state index in [0.29, 0.717) is 5.92 Å². The number of aliphatic hydroxyl groups excluding tert-OH is 2. The fourth-order valence-corrected chi connectivity index (χ4v) is 5.67. The summed E-state index contributed by atoms with van der Waals surface area (Å²) in [6.07, 6.45) is 2.63. The van der Waals surface area contributed by atoms with Crippen LogP contribution in [-0.4, -0.2) is 27.4 Å². The Kier molecular flexibility index (Phi) is 7.86.